The maximum atomic E-state index is 12.8. The predicted octanol–water partition coefficient (Wildman–Crippen LogP) is 3.26. The number of nitrogens with one attached hydrogen (secondary N) is 2. The molecule has 3 amide bonds. The fourth-order valence-corrected chi connectivity index (χ4v) is 4.82. The molecule has 1 aliphatic carbocycles. The lowest BCUT2D eigenvalue weighted by atomic mass is 9.97. The van der Waals surface area contributed by atoms with Crippen LogP contribution in [-0.2, 0) is 11.3 Å². The quantitative estimate of drug-likeness (QED) is 0.692. The standard InChI is InChI=1S/C22H29ClN4O3/c1-26(18-5-4-10-27(14-18)20(28)22(30)8-2-3-9-22)21(29)24-13-17-12-15-11-16(23)6-7-19(15)25-17/h6-7,11-12,18,25,30H,2-5,8-10,13-14H2,1H3,(H,24,29)/t18-/m1/s1. The third-order valence-corrected chi connectivity index (χ3v) is 6.68. The second kappa shape index (κ2) is 8.47. The van der Waals surface area contributed by atoms with E-state index in [4.69, 9.17) is 11.6 Å². The van der Waals surface area contributed by atoms with Crippen LogP contribution in [0.4, 0.5) is 4.79 Å². The Balaban J connectivity index is 1.34. The van der Waals surface area contributed by atoms with E-state index in [0.29, 0.717) is 37.5 Å². The van der Waals surface area contributed by atoms with Gasteiger partial charge >= 0.3 is 6.03 Å². The summed E-state index contributed by atoms with van der Waals surface area (Å²) >= 11 is 6.03. The summed E-state index contributed by atoms with van der Waals surface area (Å²) in [5.41, 5.74) is 0.669. The first-order valence-corrected chi connectivity index (χ1v) is 11.0. The molecule has 0 spiro atoms. The summed E-state index contributed by atoms with van der Waals surface area (Å²) in [6, 6.07) is 7.37. The van der Waals surface area contributed by atoms with Crippen molar-refractivity contribution in [2.45, 2.75) is 56.7 Å². The predicted molar refractivity (Wildman–Crippen MR) is 116 cm³/mol. The van der Waals surface area contributed by atoms with Crippen molar-refractivity contribution in [2.24, 2.45) is 0 Å². The van der Waals surface area contributed by atoms with Gasteiger partial charge in [-0.25, -0.2) is 4.79 Å². The number of aliphatic hydroxyl groups is 1. The number of aromatic amines is 1. The summed E-state index contributed by atoms with van der Waals surface area (Å²) < 4.78 is 0. The average molecular weight is 433 g/mol. The van der Waals surface area contributed by atoms with Gasteiger partial charge in [0.25, 0.3) is 5.91 Å². The molecule has 7 nitrogen and oxygen atoms in total. The Morgan fingerprint density at radius 2 is 2.07 bits per heavy atom. The number of benzene rings is 1. The van der Waals surface area contributed by atoms with E-state index in [1.165, 1.54) is 0 Å². The number of halogens is 1. The molecule has 1 aromatic carbocycles. The minimum atomic E-state index is -1.21. The molecule has 1 atom stereocenters. The number of rotatable bonds is 4. The number of hydrogen-bond donors (Lipinski definition) is 3. The number of amides is 3. The van der Waals surface area contributed by atoms with Gasteiger partial charge in [0.1, 0.15) is 5.60 Å². The largest absolute Gasteiger partial charge is 0.380 e. The molecule has 2 fully saturated rings. The lowest BCUT2D eigenvalue weighted by molar-refractivity contribution is -0.152. The molecule has 1 saturated heterocycles. The molecule has 2 heterocycles. The number of likely N-dealkylation sites (tertiary alicyclic amines) is 1. The highest BCUT2D eigenvalue weighted by atomic mass is 35.5. The zero-order valence-electron chi connectivity index (χ0n) is 17.3. The molecule has 0 bridgehead atoms. The van der Waals surface area contributed by atoms with E-state index in [0.717, 1.165) is 42.3 Å². The minimum absolute atomic E-state index is 0.0609. The summed E-state index contributed by atoms with van der Waals surface area (Å²) in [6.45, 7) is 1.49. The van der Waals surface area contributed by atoms with Crippen molar-refractivity contribution in [1.29, 1.82) is 0 Å². The molecule has 162 valence electrons. The number of hydrogen-bond acceptors (Lipinski definition) is 3. The molecule has 2 aliphatic rings. The lowest BCUT2D eigenvalue weighted by Crippen LogP contribution is -2.56. The van der Waals surface area contributed by atoms with Gasteiger partial charge in [-0.2, -0.15) is 0 Å². The fraction of sp³-hybridized carbons (Fsp3) is 0.545. The average Bonchev–Trinajstić information content (AvgIpc) is 3.37. The zero-order chi connectivity index (χ0) is 21.3. The van der Waals surface area contributed by atoms with Crippen LogP contribution < -0.4 is 5.32 Å². The molecule has 30 heavy (non-hydrogen) atoms. The first-order chi connectivity index (χ1) is 14.4. The Morgan fingerprint density at radius 1 is 1.30 bits per heavy atom. The van der Waals surface area contributed by atoms with Gasteiger partial charge in [-0.3, -0.25) is 4.79 Å². The smallest absolute Gasteiger partial charge is 0.317 e. The number of likely N-dealkylation sites (N-methyl/N-ethyl adjacent to an activating group) is 1. The normalized spacial score (nSPS) is 21.0. The lowest BCUT2D eigenvalue weighted by Gasteiger charge is -2.40. The van der Waals surface area contributed by atoms with Crippen molar-refractivity contribution < 1.29 is 14.7 Å². The highest BCUT2D eigenvalue weighted by Gasteiger charge is 2.43. The summed E-state index contributed by atoms with van der Waals surface area (Å²) in [7, 11) is 1.77. The van der Waals surface area contributed by atoms with Gasteiger partial charge in [-0.05, 0) is 62.8 Å². The van der Waals surface area contributed by atoms with E-state index in [-0.39, 0.29) is 18.0 Å². The second-order valence-corrected chi connectivity index (χ2v) is 9.02. The molecule has 1 aliphatic heterocycles. The highest BCUT2D eigenvalue weighted by molar-refractivity contribution is 6.31. The van der Waals surface area contributed by atoms with Gasteiger partial charge in [-0.15, -0.1) is 0 Å². The number of piperidine rings is 1. The van der Waals surface area contributed by atoms with E-state index in [2.05, 4.69) is 10.3 Å². The Kier molecular flexibility index (Phi) is 5.93. The van der Waals surface area contributed by atoms with Gasteiger partial charge in [0.2, 0.25) is 0 Å². The second-order valence-electron chi connectivity index (χ2n) is 8.58. The maximum Gasteiger partial charge on any atom is 0.317 e. The monoisotopic (exact) mass is 432 g/mol. The van der Waals surface area contributed by atoms with Crippen LogP contribution in [0.2, 0.25) is 5.02 Å². The van der Waals surface area contributed by atoms with Gasteiger partial charge in [0, 0.05) is 41.8 Å². The van der Waals surface area contributed by atoms with E-state index in [9.17, 15) is 14.7 Å². The molecule has 0 radical (unpaired) electrons. The molecular weight excluding hydrogens is 404 g/mol. The van der Waals surface area contributed by atoms with Crippen molar-refractivity contribution >= 4 is 34.4 Å². The Bertz CT molecular complexity index is 938. The van der Waals surface area contributed by atoms with Crippen LogP contribution in [0, 0.1) is 0 Å². The number of aromatic nitrogens is 1. The highest BCUT2D eigenvalue weighted by Crippen LogP contribution is 2.32. The number of carbonyl (C=O) groups is 2. The van der Waals surface area contributed by atoms with Gasteiger partial charge in [0.15, 0.2) is 0 Å². The molecule has 3 N–H and O–H groups in total. The van der Waals surface area contributed by atoms with Gasteiger partial charge < -0.3 is 25.2 Å². The van der Waals surface area contributed by atoms with Crippen molar-refractivity contribution in [2.75, 3.05) is 20.1 Å². The summed E-state index contributed by atoms with van der Waals surface area (Å²) in [5.74, 6) is -0.171. The van der Waals surface area contributed by atoms with E-state index >= 15 is 0 Å². The zero-order valence-corrected chi connectivity index (χ0v) is 18.0. The van der Waals surface area contributed by atoms with Crippen LogP contribution in [0.15, 0.2) is 24.3 Å². The van der Waals surface area contributed by atoms with Crippen LogP contribution in [-0.4, -0.2) is 63.6 Å². The molecule has 4 rings (SSSR count). The van der Waals surface area contributed by atoms with E-state index < -0.39 is 5.60 Å². The number of H-pyrrole nitrogens is 1. The molecule has 1 saturated carbocycles. The number of urea groups is 1. The summed E-state index contributed by atoms with van der Waals surface area (Å²) in [6.07, 6.45) is 4.53. The van der Waals surface area contributed by atoms with Gasteiger partial charge in [0.05, 0.1) is 12.6 Å². The van der Waals surface area contributed by atoms with Crippen LogP contribution in [0.3, 0.4) is 0 Å². The van der Waals surface area contributed by atoms with E-state index in [1.54, 1.807) is 16.8 Å². The van der Waals surface area contributed by atoms with Crippen LogP contribution >= 0.6 is 11.6 Å². The molecule has 2 aromatic rings. The minimum Gasteiger partial charge on any atom is -0.380 e. The number of nitrogens with zero attached hydrogens (tertiary/aromatic N) is 2. The van der Waals surface area contributed by atoms with Crippen LogP contribution in [0.1, 0.15) is 44.2 Å². The van der Waals surface area contributed by atoms with Gasteiger partial charge in [-0.1, -0.05) is 11.6 Å². The number of fused-ring (bicyclic) bond motifs is 1. The maximum absolute atomic E-state index is 12.8. The number of carbonyl (C=O) groups excluding carboxylic acids is 2. The van der Waals surface area contributed by atoms with Crippen LogP contribution in [0.25, 0.3) is 10.9 Å². The topological polar surface area (TPSA) is 88.7 Å². The molecule has 1 aromatic heterocycles. The summed E-state index contributed by atoms with van der Waals surface area (Å²) in [5, 5.41) is 15.3. The Hall–Kier alpha value is -2.25. The van der Waals surface area contributed by atoms with Crippen LogP contribution in [0.5, 0.6) is 0 Å². The van der Waals surface area contributed by atoms with Crippen molar-refractivity contribution in [3.63, 3.8) is 0 Å². The first kappa shape index (κ1) is 21.0. The molecule has 0 unspecified atom stereocenters. The fourth-order valence-electron chi connectivity index (χ4n) is 4.64. The van der Waals surface area contributed by atoms with Crippen molar-refractivity contribution in [3.05, 3.63) is 35.0 Å². The molecule has 8 heteroatoms. The first-order valence-electron chi connectivity index (χ1n) is 10.7. The van der Waals surface area contributed by atoms with Crippen molar-refractivity contribution in [1.82, 2.24) is 20.1 Å². The Morgan fingerprint density at radius 3 is 2.83 bits per heavy atom. The molecular formula is C22H29ClN4O3. The van der Waals surface area contributed by atoms with Crippen molar-refractivity contribution in [3.8, 4) is 0 Å². The van der Waals surface area contributed by atoms with E-state index in [1.807, 2.05) is 24.3 Å². The summed E-state index contributed by atoms with van der Waals surface area (Å²) in [4.78, 5) is 32.2. The Labute approximate surface area is 181 Å². The SMILES string of the molecule is CN(C(=O)NCc1cc2cc(Cl)ccc2[nH]1)[C@@H]1CCCN(C(=O)C2(O)CCCC2)C1. The third-order valence-electron chi connectivity index (χ3n) is 6.45. The third kappa shape index (κ3) is 4.27.